The molecule has 0 aromatic heterocycles. The standard InChI is InChI=1S/C19H31N/c1-14(2)17-9-7-10-18(13-12-17)20-16(4)19-11-6-5-8-15(19)3/h5-6,8,11,14,16-18,20H,7,9-10,12-13H2,1-4H3. The van der Waals surface area contributed by atoms with Gasteiger partial charge in [-0.05, 0) is 56.1 Å². The topological polar surface area (TPSA) is 12.0 Å². The Hall–Kier alpha value is -0.820. The van der Waals surface area contributed by atoms with Crippen LogP contribution in [0.2, 0.25) is 0 Å². The van der Waals surface area contributed by atoms with Gasteiger partial charge in [-0.25, -0.2) is 0 Å². The highest BCUT2D eigenvalue weighted by Gasteiger charge is 2.22. The van der Waals surface area contributed by atoms with E-state index in [0.29, 0.717) is 12.1 Å². The molecule has 112 valence electrons. The lowest BCUT2D eigenvalue weighted by atomic mass is 9.89. The molecular weight excluding hydrogens is 242 g/mol. The Morgan fingerprint density at radius 2 is 1.75 bits per heavy atom. The number of rotatable bonds is 4. The summed E-state index contributed by atoms with van der Waals surface area (Å²) in [7, 11) is 0. The predicted molar refractivity (Wildman–Crippen MR) is 87.9 cm³/mol. The van der Waals surface area contributed by atoms with Crippen molar-refractivity contribution in [2.45, 2.75) is 71.9 Å². The van der Waals surface area contributed by atoms with Crippen LogP contribution in [0.1, 0.15) is 70.0 Å². The summed E-state index contributed by atoms with van der Waals surface area (Å²) in [5.41, 5.74) is 2.86. The first-order chi connectivity index (χ1) is 9.58. The van der Waals surface area contributed by atoms with Gasteiger partial charge in [0.1, 0.15) is 0 Å². The van der Waals surface area contributed by atoms with E-state index in [1.165, 1.54) is 43.2 Å². The van der Waals surface area contributed by atoms with Gasteiger partial charge in [-0.15, -0.1) is 0 Å². The molecule has 1 aromatic carbocycles. The second-order valence-corrected chi connectivity index (χ2v) is 6.95. The smallest absolute Gasteiger partial charge is 0.0296 e. The summed E-state index contributed by atoms with van der Waals surface area (Å²) < 4.78 is 0. The van der Waals surface area contributed by atoms with Crippen molar-refractivity contribution in [2.24, 2.45) is 11.8 Å². The lowest BCUT2D eigenvalue weighted by Crippen LogP contribution is -2.31. The van der Waals surface area contributed by atoms with E-state index in [1.54, 1.807) is 0 Å². The largest absolute Gasteiger partial charge is 0.307 e. The van der Waals surface area contributed by atoms with Gasteiger partial charge in [-0.1, -0.05) is 51.0 Å². The first-order valence-electron chi connectivity index (χ1n) is 8.39. The van der Waals surface area contributed by atoms with Gasteiger partial charge in [0.05, 0.1) is 0 Å². The molecule has 1 aliphatic carbocycles. The van der Waals surface area contributed by atoms with E-state index in [-0.39, 0.29) is 0 Å². The minimum absolute atomic E-state index is 0.469. The van der Waals surface area contributed by atoms with Crippen LogP contribution in [0.3, 0.4) is 0 Å². The highest BCUT2D eigenvalue weighted by Crippen LogP contribution is 2.30. The van der Waals surface area contributed by atoms with Crippen LogP contribution in [-0.4, -0.2) is 6.04 Å². The molecule has 1 aromatic rings. The molecule has 2 rings (SSSR count). The molecule has 3 atom stereocenters. The summed E-state index contributed by atoms with van der Waals surface area (Å²) in [5, 5.41) is 3.88. The fraction of sp³-hybridized carbons (Fsp3) is 0.684. The third-order valence-corrected chi connectivity index (χ3v) is 5.10. The Morgan fingerprint density at radius 1 is 1.00 bits per heavy atom. The number of hydrogen-bond donors (Lipinski definition) is 1. The van der Waals surface area contributed by atoms with E-state index in [9.17, 15) is 0 Å². The van der Waals surface area contributed by atoms with Gasteiger partial charge in [-0.3, -0.25) is 0 Å². The Balaban J connectivity index is 1.92. The maximum Gasteiger partial charge on any atom is 0.0296 e. The van der Waals surface area contributed by atoms with Gasteiger partial charge < -0.3 is 5.32 Å². The Kier molecular flexibility index (Phi) is 5.65. The van der Waals surface area contributed by atoms with Crippen molar-refractivity contribution in [1.82, 2.24) is 5.32 Å². The van der Waals surface area contributed by atoms with Crippen LogP contribution in [0.4, 0.5) is 0 Å². The van der Waals surface area contributed by atoms with Crippen molar-refractivity contribution in [1.29, 1.82) is 0 Å². The van der Waals surface area contributed by atoms with Gasteiger partial charge in [0.15, 0.2) is 0 Å². The van der Waals surface area contributed by atoms with Crippen LogP contribution in [-0.2, 0) is 0 Å². The molecule has 0 bridgehead atoms. The van der Waals surface area contributed by atoms with E-state index >= 15 is 0 Å². The van der Waals surface area contributed by atoms with Crippen molar-refractivity contribution in [3.63, 3.8) is 0 Å². The summed E-state index contributed by atoms with van der Waals surface area (Å²) in [5.74, 6) is 1.79. The predicted octanol–water partition coefficient (Wildman–Crippen LogP) is 5.25. The molecular formula is C19H31N. The molecule has 20 heavy (non-hydrogen) atoms. The maximum atomic E-state index is 3.88. The molecule has 0 radical (unpaired) electrons. The van der Waals surface area contributed by atoms with E-state index < -0.39 is 0 Å². The van der Waals surface area contributed by atoms with Gasteiger partial charge in [0.25, 0.3) is 0 Å². The number of nitrogens with one attached hydrogen (secondary N) is 1. The normalized spacial score (nSPS) is 25.4. The van der Waals surface area contributed by atoms with Gasteiger partial charge >= 0.3 is 0 Å². The Morgan fingerprint density at radius 3 is 2.45 bits per heavy atom. The van der Waals surface area contributed by atoms with E-state index in [2.05, 4.69) is 57.3 Å². The summed E-state index contributed by atoms with van der Waals surface area (Å²) >= 11 is 0. The lowest BCUT2D eigenvalue weighted by Gasteiger charge is -2.24. The molecule has 0 amide bonds. The molecule has 0 heterocycles. The number of hydrogen-bond acceptors (Lipinski definition) is 1. The zero-order valence-corrected chi connectivity index (χ0v) is 13.7. The first kappa shape index (κ1) is 15.6. The zero-order valence-electron chi connectivity index (χ0n) is 13.7. The van der Waals surface area contributed by atoms with Crippen molar-refractivity contribution in [3.05, 3.63) is 35.4 Å². The molecule has 1 aliphatic rings. The van der Waals surface area contributed by atoms with E-state index in [1.807, 2.05) is 0 Å². The van der Waals surface area contributed by atoms with Crippen LogP contribution in [0.25, 0.3) is 0 Å². The molecule has 1 N–H and O–H groups in total. The van der Waals surface area contributed by atoms with E-state index in [4.69, 9.17) is 0 Å². The fourth-order valence-electron chi connectivity index (χ4n) is 3.68. The molecule has 1 heteroatoms. The molecule has 3 unspecified atom stereocenters. The molecule has 0 spiro atoms. The lowest BCUT2D eigenvalue weighted by molar-refractivity contribution is 0.335. The molecule has 1 nitrogen and oxygen atoms in total. The molecule has 1 fully saturated rings. The van der Waals surface area contributed by atoms with Crippen LogP contribution in [0, 0.1) is 18.8 Å². The monoisotopic (exact) mass is 273 g/mol. The third kappa shape index (κ3) is 4.09. The minimum atomic E-state index is 0.469. The summed E-state index contributed by atoms with van der Waals surface area (Å²) in [4.78, 5) is 0. The zero-order chi connectivity index (χ0) is 14.5. The van der Waals surface area contributed by atoms with Crippen molar-refractivity contribution < 1.29 is 0 Å². The summed E-state index contributed by atoms with van der Waals surface area (Å²) in [6.45, 7) is 9.30. The van der Waals surface area contributed by atoms with Crippen LogP contribution in [0.15, 0.2) is 24.3 Å². The van der Waals surface area contributed by atoms with Gasteiger partial charge in [0.2, 0.25) is 0 Å². The highest BCUT2D eigenvalue weighted by molar-refractivity contribution is 5.28. The van der Waals surface area contributed by atoms with Crippen LogP contribution < -0.4 is 5.32 Å². The fourth-order valence-corrected chi connectivity index (χ4v) is 3.68. The average Bonchev–Trinajstić information content (AvgIpc) is 2.65. The Bertz CT molecular complexity index is 410. The maximum absolute atomic E-state index is 3.88. The van der Waals surface area contributed by atoms with E-state index in [0.717, 1.165) is 11.8 Å². The minimum Gasteiger partial charge on any atom is -0.307 e. The van der Waals surface area contributed by atoms with Crippen molar-refractivity contribution >= 4 is 0 Å². The summed E-state index contributed by atoms with van der Waals surface area (Å²) in [6.07, 6.45) is 6.91. The highest BCUT2D eigenvalue weighted by atomic mass is 14.9. The second kappa shape index (κ2) is 7.26. The quantitative estimate of drug-likeness (QED) is 0.739. The first-order valence-corrected chi connectivity index (χ1v) is 8.39. The van der Waals surface area contributed by atoms with Crippen molar-refractivity contribution in [2.75, 3.05) is 0 Å². The molecule has 1 saturated carbocycles. The number of benzene rings is 1. The third-order valence-electron chi connectivity index (χ3n) is 5.10. The van der Waals surface area contributed by atoms with Crippen LogP contribution >= 0.6 is 0 Å². The molecule has 0 saturated heterocycles. The Labute approximate surface area is 125 Å². The van der Waals surface area contributed by atoms with Crippen LogP contribution in [0.5, 0.6) is 0 Å². The average molecular weight is 273 g/mol. The van der Waals surface area contributed by atoms with Crippen molar-refractivity contribution in [3.8, 4) is 0 Å². The summed E-state index contributed by atoms with van der Waals surface area (Å²) in [6, 6.07) is 9.94. The van der Waals surface area contributed by atoms with Gasteiger partial charge in [0, 0.05) is 12.1 Å². The number of aryl methyl sites for hydroxylation is 1. The SMILES string of the molecule is Cc1ccccc1C(C)NC1CCCC(C(C)C)CC1. The second-order valence-electron chi connectivity index (χ2n) is 6.95. The molecule has 0 aliphatic heterocycles. The van der Waals surface area contributed by atoms with Gasteiger partial charge in [-0.2, -0.15) is 0 Å².